The molecule has 0 aliphatic heterocycles. The molecule has 1 rings (SSSR count). The molecule has 0 radical (unpaired) electrons. The largest absolute Gasteiger partial charge is 0.370 e. The number of aromatic nitrogens is 1. The molecule has 1 atom stereocenters. The van der Waals surface area contributed by atoms with E-state index in [0.717, 1.165) is 5.69 Å². The Bertz CT molecular complexity index is 287. The molecule has 0 aliphatic carbocycles. The molecule has 0 unspecified atom stereocenters. The Morgan fingerprint density at radius 1 is 1.64 bits per heavy atom. The lowest BCUT2D eigenvalue weighted by Crippen LogP contribution is -2.25. The molecule has 0 fully saturated rings. The number of hydrogen-bond acceptors (Lipinski definition) is 3. The zero-order valence-corrected chi connectivity index (χ0v) is 8.23. The zero-order valence-electron chi connectivity index (χ0n) is 8.23. The zero-order chi connectivity index (χ0) is 10.4. The summed E-state index contributed by atoms with van der Waals surface area (Å²) in [5.74, 6) is -0.286. The second-order valence-electron chi connectivity index (χ2n) is 3.15. The van der Waals surface area contributed by atoms with Crippen molar-refractivity contribution in [2.24, 2.45) is 5.73 Å². The number of rotatable bonds is 5. The lowest BCUT2D eigenvalue weighted by molar-refractivity contribution is -0.117. The van der Waals surface area contributed by atoms with E-state index in [1.165, 1.54) is 0 Å². The van der Waals surface area contributed by atoms with Crippen LogP contribution in [0.2, 0.25) is 0 Å². The van der Waals surface area contributed by atoms with E-state index in [2.05, 4.69) is 10.3 Å². The van der Waals surface area contributed by atoms with E-state index in [9.17, 15) is 4.79 Å². The van der Waals surface area contributed by atoms with E-state index in [0.29, 0.717) is 13.0 Å². The third-order valence-corrected chi connectivity index (χ3v) is 1.95. The van der Waals surface area contributed by atoms with Crippen molar-refractivity contribution in [3.8, 4) is 0 Å². The van der Waals surface area contributed by atoms with Gasteiger partial charge in [-0.1, -0.05) is 6.07 Å². The molecule has 0 aliphatic rings. The van der Waals surface area contributed by atoms with Gasteiger partial charge in [-0.05, 0) is 19.1 Å². The summed E-state index contributed by atoms with van der Waals surface area (Å²) in [6.07, 6.45) is 2.11. The second-order valence-corrected chi connectivity index (χ2v) is 3.15. The average Bonchev–Trinajstić information content (AvgIpc) is 2.18. The van der Waals surface area contributed by atoms with E-state index in [1.807, 2.05) is 25.1 Å². The maximum atomic E-state index is 10.5. The van der Waals surface area contributed by atoms with E-state index in [4.69, 9.17) is 5.73 Å². The van der Waals surface area contributed by atoms with Gasteiger partial charge in [-0.15, -0.1) is 0 Å². The van der Waals surface area contributed by atoms with Crippen molar-refractivity contribution in [2.75, 3.05) is 6.54 Å². The van der Waals surface area contributed by atoms with Crippen LogP contribution in [0.25, 0.3) is 0 Å². The van der Waals surface area contributed by atoms with Crippen LogP contribution in [0.4, 0.5) is 0 Å². The van der Waals surface area contributed by atoms with Gasteiger partial charge >= 0.3 is 0 Å². The number of pyridine rings is 1. The summed E-state index contributed by atoms with van der Waals surface area (Å²) in [6, 6.07) is 5.91. The van der Waals surface area contributed by atoms with Crippen LogP contribution in [0.1, 0.15) is 25.1 Å². The number of nitrogens with two attached hydrogens (primary N) is 1. The molecular weight excluding hydrogens is 178 g/mol. The van der Waals surface area contributed by atoms with E-state index >= 15 is 0 Å². The Hall–Kier alpha value is -1.42. The molecule has 0 spiro atoms. The predicted octanol–water partition coefficient (Wildman–Crippen LogP) is 0.608. The fourth-order valence-electron chi connectivity index (χ4n) is 1.15. The van der Waals surface area contributed by atoms with Crippen molar-refractivity contribution in [1.29, 1.82) is 0 Å². The average molecular weight is 193 g/mol. The van der Waals surface area contributed by atoms with Gasteiger partial charge in [0.05, 0.1) is 5.69 Å². The van der Waals surface area contributed by atoms with Crippen molar-refractivity contribution in [3.05, 3.63) is 30.1 Å². The van der Waals surface area contributed by atoms with Crippen molar-refractivity contribution in [2.45, 2.75) is 19.4 Å². The van der Waals surface area contributed by atoms with Crippen LogP contribution in [-0.2, 0) is 4.79 Å². The van der Waals surface area contributed by atoms with Crippen molar-refractivity contribution in [3.63, 3.8) is 0 Å². The van der Waals surface area contributed by atoms with Gasteiger partial charge in [0.25, 0.3) is 0 Å². The Kier molecular flexibility index (Phi) is 4.07. The van der Waals surface area contributed by atoms with Gasteiger partial charge < -0.3 is 11.1 Å². The molecule has 3 N–H and O–H groups in total. The number of hydrogen-bond donors (Lipinski definition) is 2. The number of primary amides is 1. The van der Waals surface area contributed by atoms with Crippen LogP contribution in [0.5, 0.6) is 0 Å². The SMILES string of the molecule is C[C@@H](NCCC(N)=O)c1ccccn1. The highest BCUT2D eigenvalue weighted by molar-refractivity contribution is 5.73. The van der Waals surface area contributed by atoms with Crippen LogP contribution in [0.15, 0.2) is 24.4 Å². The third-order valence-electron chi connectivity index (χ3n) is 1.95. The van der Waals surface area contributed by atoms with Gasteiger partial charge in [0.15, 0.2) is 0 Å². The number of nitrogens with one attached hydrogen (secondary N) is 1. The lowest BCUT2D eigenvalue weighted by Gasteiger charge is -2.11. The Morgan fingerprint density at radius 2 is 2.43 bits per heavy atom. The smallest absolute Gasteiger partial charge is 0.218 e. The van der Waals surface area contributed by atoms with Crippen molar-refractivity contribution in [1.82, 2.24) is 10.3 Å². The molecule has 4 nitrogen and oxygen atoms in total. The first-order chi connectivity index (χ1) is 6.70. The fraction of sp³-hybridized carbons (Fsp3) is 0.400. The summed E-state index contributed by atoms with van der Waals surface area (Å²) in [5, 5.41) is 3.17. The molecule has 1 amide bonds. The molecule has 1 aromatic rings. The van der Waals surface area contributed by atoms with Crippen LogP contribution in [0.3, 0.4) is 0 Å². The first kappa shape index (κ1) is 10.7. The standard InChI is InChI=1S/C10H15N3O/c1-8(12-7-5-10(11)14)9-4-2-3-6-13-9/h2-4,6,8,12H,5,7H2,1H3,(H2,11,14)/t8-/m1/s1. The summed E-state index contributed by atoms with van der Waals surface area (Å²) in [6.45, 7) is 2.59. The van der Waals surface area contributed by atoms with Crippen molar-refractivity contribution >= 4 is 5.91 Å². The van der Waals surface area contributed by atoms with Gasteiger partial charge in [0.1, 0.15) is 0 Å². The van der Waals surface area contributed by atoms with Crippen molar-refractivity contribution < 1.29 is 4.79 Å². The lowest BCUT2D eigenvalue weighted by atomic mass is 10.2. The van der Waals surface area contributed by atoms with E-state index < -0.39 is 0 Å². The Labute approximate surface area is 83.5 Å². The van der Waals surface area contributed by atoms with Gasteiger partial charge in [0, 0.05) is 25.2 Å². The first-order valence-electron chi connectivity index (χ1n) is 4.63. The molecule has 1 heterocycles. The van der Waals surface area contributed by atoms with Crippen LogP contribution < -0.4 is 11.1 Å². The maximum Gasteiger partial charge on any atom is 0.218 e. The summed E-state index contributed by atoms with van der Waals surface area (Å²) in [7, 11) is 0. The Morgan fingerprint density at radius 3 is 3.00 bits per heavy atom. The summed E-state index contributed by atoms with van der Waals surface area (Å²) < 4.78 is 0. The predicted molar refractivity (Wildman–Crippen MR) is 54.5 cm³/mol. The minimum absolute atomic E-state index is 0.149. The summed E-state index contributed by atoms with van der Waals surface area (Å²) in [5.41, 5.74) is 5.99. The molecule has 1 aromatic heterocycles. The van der Waals surface area contributed by atoms with Gasteiger partial charge in [-0.2, -0.15) is 0 Å². The molecule has 0 saturated carbocycles. The maximum absolute atomic E-state index is 10.5. The number of amides is 1. The van der Waals surface area contributed by atoms with E-state index in [1.54, 1.807) is 6.20 Å². The normalized spacial score (nSPS) is 12.4. The Balaban J connectivity index is 2.36. The molecule has 0 aromatic carbocycles. The summed E-state index contributed by atoms with van der Waals surface area (Å²) >= 11 is 0. The highest BCUT2D eigenvalue weighted by Crippen LogP contribution is 2.06. The second kappa shape index (κ2) is 5.34. The molecule has 0 bridgehead atoms. The van der Waals surface area contributed by atoms with Crippen LogP contribution >= 0.6 is 0 Å². The molecule has 4 heteroatoms. The fourth-order valence-corrected chi connectivity index (χ4v) is 1.15. The molecule has 0 saturated heterocycles. The third kappa shape index (κ3) is 3.53. The van der Waals surface area contributed by atoms with Crippen LogP contribution in [-0.4, -0.2) is 17.4 Å². The van der Waals surface area contributed by atoms with Crippen LogP contribution in [0, 0.1) is 0 Å². The van der Waals surface area contributed by atoms with Gasteiger partial charge in [-0.3, -0.25) is 9.78 Å². The highest BCUT2D eigenvalue weighted by atomic mass is 16.1. The molecule has 14 heavy (non-hydrogen) atoms. The number of carbonyl (C=O) groups is 1. The van der Waals surface area contributed by atoms with Gasteiger partial charge in [-0.25, -0.2) is 0 Å². The quantitative estimate of drug-likeness (QED) is 0.719. The van der Waals surface area contributed by atoms with E-state index in [-0.39, 0.29) is 11.9 Å². The summed E-state index contributed by atoms with van der Waals surface area (Å²) in [4.78, 5) is 14.7. The molecular formula is C10H15N3O. The number of carbonyl (C=O) groups excluding carboxylic acids is 1. The van der Waals surface area contributed by atoms with Gasteiger partial charge in [0.2, 0.25) is 5.91 Å². The minimum Gasteiger partial charge on any atom is -0.370 e. The first-order valence-corrected chi connectivity index (χ1v) is 4.63. The monoisotopic (exact) mass is 193 g/mol. The highest BCUT2D eigenvalue weighted by Gasteiger charge is 2.04. The molecule has 76 valence electrons. The topological polar surface area (TPSA) is 68.0 Å². The number of nitrogens with zero attached hydrogens (tertiary/aromatic N) is 1. The minimum atomic E-state index is -0.286.